The van der Waals surface area contributed by atoms with Crippen molar-refractivity contribution in [2.45, 2.75) is 13.3 Å². The molecule has 1 aromatic carbocycles. The first-order valence-electron chi connectivity index (χ1n) is 4.35. The first kappa shape index (κ1) is 8.87. The Hall–Kier alpha value is -1.71. The molecule has 3 nitrogen and oxygen atoms in total. The lowest BCUT2D eigenvalue weighted by Gasteiger charge is -2.00. The van der Waals surface area contributed by atoms with E-state index in [2.05, 4.69) is 15.2 Å². The van der Waals surface area contributed by atoms with Gasteiger partial charge in [0.25, 0.3) is 0 Å². The van der Waals surface area contributed by atoms with E-state index < -0.39 is 0 Å². The number of nitrogens with zero attached hydrogens (tertiary/aromatic N) is 2. The Bertz CT molecular complexity index is 423. The summed E-state index contributed by atoms with van der Waals surface area (Å²) in [5.74, 6) is 0.613. The summed E-state index contributed by atoms with van der Waals surface area (Å²) in [4.78, 5) is 2.90. The van der Waals surface area contributed by atoms with Gasteiger partial charge in [-0.05, 0) is 24.1 Å². The fraction of sp³-hybridized carbons (Fsp3) is 0.200. The molecule has 1 N–H and O–H groups in total. The molecule has 0 fully saturated rings. The highest BCUT2D eigenvalue weighted by molar-refractivity contribution is 5.25. The second-order valence-corrected chi connectivity index (χ2v) is 3.20. The SMILES string of the molecule is Cc1cc(Cc2nnc[nH]2)ccc1F. The van der Waals surface area contributed by atoms with Crippen molar-refractivity contribution in [3.8, 4) is 0 Å². The Kier molecular flexibility index (Phi) is 2.26. The van der Waals surface area contributed by atoms with Crippen LogP contribution in [-0.2, 0) is 6.42 Å². The lowest BCUT2D eigenvalue weighted by atomic mass is 10.1. The average molecular weight is 191 g/mol. The van der Waals surface area contributed by atoms with Crippen molar-refractivity contribution < 1.29 is 4.39 Å². The Morgan fingerprint density at radius 2 is 2.29 bits per heavy atom. The number of rotatable bonds is 2. The van der Waals surface area contributed by atoms with Crippen LogP contribution in [0, 0.1) is 12.7 Å². The minimum Gasteiger partial charge on any atom is -0.331 e. The molecule has 0 amide bonds. The summed E-state index contributed by atoms with van der Waals surface area (Å²) in [6.07, 6.45) is 2.19. The van der Waals surface area contributed by atoms with Crippen LogP contribution in [0.2, 0.25) is 0 Å². The Morgan fingerprint density at radius 1 is 1.43 bits per heavy atom. The highest BCUT2D eigenvalue weighted by Crippen LogP contribution is 2.11. The van der Waals surface area contributed by atoms with Gasteiger partial charge in [0.15, 0.2) is 0 Å². The fourth-order valence-electron chi connectivity index (χ4n) is 1.33. The van der Waals surface area contributed by atoms with Crippen molar-refractivity contribution in [1.82, 2.24) is 15.2 Å². The molecule has 4 heteroatoms. The second-order valence-electron chi connectivity index (χ2n) is 3.20. The zero-order chi connectivity index (χ0) is 9.97. The molecule has 0 saturated carbocycles. The van der Waals surface area contributed by atoms with E-state index >= 15 is 0 Å². The first-order chi connectivity index (χ1) is 6.75. The molecule has 0 aliphatic heterocycles. The summed E-state index contributed by atoms with van der Waals surface area (Å²) in [6.45, 7) is 1.75. The highest BCUT2D eigenvalue weighted by atomic mass is 19.1. The van der Waals surface area contributed by atoms with Crippen LogP contribution < -0.4 is 0 Å². The minimum absolute atomic E-state index is 0.175. The van der Waals surface area contributed by atoms with E-state index in [-0.39, 0.29) is 5.82 Å². The quantitative estimate of drug-likeness (QED) is 0.787. The van der Waals surface area contributed by atoms with Crippen molar-refractivity contribution in [3.63, 3.8) is 0 Å². The number of H-pyrrole nitrogens is 1. The number of aromatic amines is 1. The monoisotopic (exact) mass is 191 g/mol. The molecule has 2 aromatic rings. The van der Waals surface area contributed by atoms with E-state index in [4.69, 9.17) is 0 Å². The van der Waals surface area contributed by atoms with E-state index in [1.165, 1.54) is 12.4 Å². The molecule has 72 valence electrons. The van der Waals surface area contributed by atoms with Gasteiger partial charge >= 0.3 is 0 Å². The zero-order valence-corrected chi connectivity index (χ0v) is 7.79. The Balaban J connectivity index is 2.22. The van der Waals surface area contributed by atoms with E-state index in [1.54, 1.807) is 13.0 Å². The third-order valence-corrected chi connectivity index (χ3v) is 2.06. The van der Waals surface area contributed by atoms with Crippen LogP contribution in [0.5, 0.6) is 0 Å². The third-order valence-electron chi connectivity index (χ3n) is 2.06. The van der Waals surface area contributed by atoms with Crippen molar-refractivity contribution in [2.75, 3.05) is 0 Å². The molecule has 0 radical (unpaired) electrons. The number of hydrogen-bond donors (Lipinski definition) is 1. The maximum atomic E-state index is 12.9. The van der Waals surface area contributed by atoms with Gasteiger partial charge < -0.3 is 4.98 Å². The largest absolute Gasteiger partial charge is 0.331 e. The van der Waals surface area contributed by atoms with Gasteiger partial charge in [-0.2, -0.15) is 0 Å². The predicted octanol–water partition coefficient (Wildman–Crippen LogP) is 1.84. The average Bonchev–Trinajstić information content (AvgIpc) is 2.64. The molecular weight excluding hydrogens is 181 g/mol. The molecule has 0 atom stereocenters. The molecule has 0 unspecified atom stereocenters. The van der Waals surface area contributed by atoms with Gasteiger partial charge in [-0.3, -0.25) is 0 Å². The maximum absolute atomic E-state index is 12.9. The number of nitrogens with one attached hydrogen (secondary N) is 1. The van der Waals surface area contributed by atoms with E-state index in [0.717, 1.165) is 11.4 Å². The Labute approximate surface area is 81.0 Å². The molecule has 0 spiro atoms. The van der Waals surface area contributed by atoms with Crippen LogP contribution in [0.4, 0.5) is 4.39 Å². The summed E-state index contributed by atoms with van der Waals surface area (Å²) >= 11 is 0. The van der Waals surface area contributed by atoms with E-state index in [0.29, 0.717) is 12.0 Å². The number of hydrogen-bond acceptors (Lipinski definition) is 2. The fourth-order valence-corrected chi connectivity index (χ4v) is 1.33. The van der Waals surface area contributed by atoms with Gasteiger partial charge in [-0.1, -0.05) is 12.1 Å². The third kappa shape index (κ3) is 1.79. The standard InChI is InChI=1S/C10H10FN3/c1-7-4-8(2-3-9(7)11)5-10-12-6-13-14-10/h2-4,6H,5H2,1H3,(H,12,13,14). The number of aryl methyl sites for hydroxylation is 1. The van der Waals surface area contributed by atoms with Crippen molar-refractivity contribution in [3.05, 3.63) is 47.3 Å². The van der Waals surface area contributed by atoms with Crippen LogP contribution >= 0.6 is 0 Å². The van der Waals surface area contributed by atoms with Gasteiger partial charge in [-0.25, -0.2) is 4.39 Å². The van der Waals surface area contributed by atoms with Crippen molar-refractivity contribution in [1.29, 1.82) is 0 Å². The Morgan fingerprint density at radius 3 is 2.93 bits per heavy atom. The number of benzene rings is 1. The van der Waals surface area contributed by atoms with Crippen molar-refractivity contribution >= 4 is 0 Å². The van der Waals surface area contributed by atoms with Gasteiger partial charge in [0, 0.05) is 6.42 Å². The van der Waals surface area contributed by atoms with E-state index in [9.17, 15) is 4.39 Å². The molecule has 1 aromatic heterocycles. The normalized spacial score (nSPS) is 10.4. The summed E-state index contributed by atoms with van der Waals surface area (Å²) in [5.41, 5.74) is 1.68. The molecule has 0 aliphatic carbocycles. The van der Waals surface area contributed by atoms with Gasteiger partial charge in [-0.15, -0.1) is 10.2 Å². The minimum atomic E-state index is -0.175. The van der Waals surface area contributed by atoms with Gasteiger partial charge in [0.1, 0.15) is 18.0 Å². The molecule has 14 heavy (non-hydrogen) atoms. The van der Waals surface area contributed by atoms with Gasteiger partial charge in [0.05, 0.1) is 0 Å². The molecular formula is C10H10FN3. The van der Waals surface area contributed by atoms with Crippen LogP contribution in [0.25, 0.3) is 0 Å². The van der Waals surface area contributed by atoms with Crippen LogP contribution in [0.3, 0.4) is 0 Å². The second kappa shape index (κ2) is 3.57. The molecule has 0 aliphatic rings. The van der Waals surface area contributed by atoms with Gasteiger partial charge in [0.2, 0.25) is 0 Å². The number of aromatic nitrogens is 3. The summed E-state index contributed by atoms with van der Waals surface area (Å²) in [7, 11) is 0. The highest BCUT2D eigenvalue weighted by Gasteiger charge is 2.01. The zero-order valence-electron chi connectivity index (χ0n) is 7.79. The van der Waals surface area contributed by atoms with Crippen LogP contribution in [0.1, 0.15) is 17.0 Å². The van der Waals surface area contributed by atoms with E-state index in [1.807, 2.05) is 6.07 Å². The molecule has 0 bridgehead atoms. The van der Waals surface area contributed by atoms with Crippen LogP contribution in [0.15, 0.2) is 24.5 Å². The summed E-state index contributed by atoms with van der Waals surface area (Å²) in [6, 6.07) is 5.05. The van der Waals surface area contributed by atoms with Crippen molar-refractivity contribution in [2.24, 2.45) is 0 Å². The smallest absolute Gasteiger partial charge is 0.134 e. The lowest BCUT2D eigenvalue weighted by Crippen LogP contribution is -1.93. The first-order valence-corrected chi connectivity index (χ1v) is 4.35. The maximum Gasteiger partial charge on any atom is 0.134 e. The molecule has 1 heterocycles. The predicted molar refractivity (Wildman–Crippen MR) is 50.3 cm³/mol. The lowest BCUT2D eigenvalue weighted by molar-refractivity contribution is 0.617. The number of halogens is 1. The summed E-state index contributed by atoms with van der Waals surface area (Å²) < 4.78 is 12.9. The molecule has 2 rings (SSSR count). The topological polar surface area (TPSA) is 41.6 Å². The summed E-state index contributed by atoms with van der Waals surface area (Å²) in [5, 5.41) is 7.54. The van der Waals surface area contributed by atoms with Crippen LogP contribution in [-0.4, -0.2) is 15.2 Å². The molecule has 0 saturated heterocycles.